The van der Waals surface area contributed by atoms with E-state index < -0.39 is 5.41 Å². The number of hydrogen-bond acceptors (Lipinski definition) is 3. The minimum absolute atomic E-state index is 0.0208. The summed E-state index contributed by atoms with van der Waals surface area (Å²) in [5.74, 6) is -0.0998. The highest BCUT2D eigenvalue weighted by Gasteiger charge is 2.44. The highest BCUT2D eigenvalue weighted by Crippen LogP contribution is 2.43. The van der Waals surface area contributed by atoms with Crippen LogP contribution in [0, 0.1) is 18.7 Å². The minimum Gasteiger partial charge on any atom is -0.349 e. The summed E-state index contributed by atoms with van der Waals surface area (Å²) < 4.78 is 13.8. The summed E-state index contributed by atoms with van der Waals surface area (Å²) in [5, 5.41) is 3.54. The molecule has 1 fully saturated rings. The zero-order valence-electron chi connectivity index (χ0n) is 18.0. The molecule has 0 atom stereocenters. The summed E-state index contributed by atoms with van der Waals surface area (Å²) >= 11 is 5.98. The van der Waals surface area contributed by atoms with Crippen LogP contribution in [0.1, 0.15) is 61.1 Å². The molecule has 164 valence electrons. The standard InChI is InChI=1S/C24H27ClFN3O2/c1-14-19(10-16(25)12-27-14)22(30)28-18-7-4-15(5-8-18)13-29-21-9-6-17(26)11-20(21)24(2,3)23(29)31/h6,9-12,15,18H,4-5,7-8,13H2,1-3H3,(H,28,30). The van der Waals surface area contributed by atoms with E-state index in [2.05, 4.69) is 10.3 Å². The van der Waals surface area contributed by atoms with Gasteiger partial charge in [0.25, 0.3) is 5.91 Å². The van der Waals surface area contributed by atoms with Gasteiger partial charge in [0.1, 0.15) is 5.82 Å². The Morgan fingerprint density at radius 1 is 1.26 bits per heavy atom. The van der Waals surface area contributed by atoms with Crippen LogP contribution in [0.2, 0.25) is 5.02 Å². The number of carbonyl (C=O) groups excluding carboxylic acids is 2. The van der Waals surface area contributed by atoms with Crippen molar-refractivity contribution in [3.63, 3.8) is 0 Å². The van der Waals surface area contributed by atoms with Gasteiger partial charge in [-0.1, -0.05) is 11.6 Å². The van der Waals surface area contributed by atoms with Crippen molar-refractivity contribution < 1.29 is 14.0 Å². The van der Waals surface area contributed by atoms with Gasteiger partial charge in [0.2, 0.25) is 5.91 Å². The van der Waals surface area contributed by atoms with Crippen LogP contribution in [-0.2, 0) is 10.2 Å². The molecule has 2 amide bonds. The molecule has 0 bridgehead atoms. The molecule has 5 nitrogen and oxygen atoms in total. The molecule has 2 heterocycles. The van der Waals surface area contributed by atoms with Gasteiger partial charge in [-0.15, -0.1) is 0 Å². The van der Waals surface area contributed by atoms with E-state index in [9.17, 15) is 14.0 Å². The van der Waals surface area contributed by atoms with Crippen LogP contribution in [-0.4, -0.2) is 29.4 Å². The van der Waals surface area contributed by atoms with E-state index in [1.54, 1.807) is 19.1 Å². The van der Waals surface area contributed by atoms with Gasteiger partial charge in [0.15, 0.2) is 0 Å². The van der Waals surface area contributed by atoms with Gasteiger partial charge in [-0.3, -0.25) is 14.6 Å². The highest BCUT2D eigenvalue weighted by atomic mass is 35.5. The predicted molar refractivity (Wildman–Crippen MR) is 119 cm³/mol. The van der Waals surface area contributed by atoms with Crippen LogP contribution < -0.4 is 10.2 Å². The zero-order chi connectivity index (χ0) is 22.3. The van der Waals surface area contributed by atoms with Crippen molar-refractivity contribution in [2.45, 2.75) is 57.9 Å². The molecular weight excluding hydrogens is 417 g/mol. The van der Waals surface area contributed by atoms with E-state index in [1.807, 2.05) is 18.7 Å². The van der Waals surface area contributed by atoms with Gasteiger partial charge in [0, 0.05) is 24.5 Å². The number of anilines is 1. The molecule has 2 aromatic rings. The lowest BCUT2D eigenvalue weighted by atomic mass is 9.85. The zero-order valence-corrected chi connectivity index (χ0v) is 18.8. The van der Waals surface area contributed by atoms with Crippen molar-refractivity contribution in [3.05, 3.63) is 58.1 Å². The first-order valence-corrected chi connectivity index (χ1v) is 11.1. The Bertz CT molecular complexity index is 1030. The second-order valence-electron chi connectivity index (χ2n) is 9.18. The number of carbonyl (C=O) groups is 2. The first-order chi connectivity index (χ1) is 14.7. The Kier molecular flexibility index (Phi) is 5.77. The summed E-state index contributed by atoms with van der Waals surface area (Å²) in [7, 11) is 0. The van der Waals surface area contributed by atoms with Gasteiger partial charge < -0.3 is 10.2 Å². The van der Waals surface area contributed by atoms with E-state index in [4.69, 9.17) is 11.6 Å². The van der Waals surface area contributed by atoms with E-state index in [0.717, 1.165) is 36.9 Å². The lowest BCUT2D eigenvalue weighted by Gasteiger charge is -2.32. The summed E-state index contributed by atoms with van der Waals surface area (Å²) in [6.07, 6.45) is 5.07. The number of nitrogens with zero attached hydrogens (tertiary/aromatic N) is 2. The normalized spacial score (nSPS) is 22.4. The molecule has 4 rings (SSSR count). The minimum atomic E-state index is -0.717. The van der Waals surface area contributed by atoms with Gasteiger partial charge >= 0.3 is 0 Å². The van der Waals surface area contributed by atoms with Crippen LogP contribution in [0.3, 0.4) is 0 Å². The van der Waals surface area contributed by atoms with Gasteiger partial charge in [-0.2, -0.15) is 0 Å². The first-order valence-electron chi connectivity index (χ1n) is 10.7. The molecule has 7 heteroatoms. The van der Waals surface area contributed by atoms with Gasteiger partial charge in [-0.05, 0) is 82.2 Å². The molecule has 2 aliphatic rings. The van der Waals surface area contributed by atoms with Crippen molar-refractivity contribution in [2.24, 2.45) is 5.92 Å². The number of halogens is 2. The molecule has 1 N–H and O–H groups in total. The molecular formula is C24H27ClFN3O2. The SMILES string of the molecule is Cc1ncc(Cl)cc1C(=O)NC1CCC(CN2C(=O)C(C)(C)c3cc(F)ccc32)CC1. The summed E-state index contributed by atoms with van der Waals surface area (Å²) in [5.41, 5.74) is 2.01. The fourth-order valence-electron chi connectivity index (χ4n) is 4.74. The number of benzene rings is 1. The first kappa shape index (κ1) is 21.8. The smallest absolute Gasteiger partial charge is 0.253 e. The number of pyridine rings is 1. The van der Waals surface area contributed by atoms with E-state index >= 15 is 0 Å². The largest absolute Gasteiger partial charge is 0.349 e. The van der Waals surface area contributed by atoms with E-state index in [-0.39, 0.29) is 23.7 Å². The molecule has 1 aromatic carbocycles. The molecule has 0 saturated heterocycles. The second-order valence-corrected chi connectivity index (χ2v) is 9.62. The summed E-state index contributed by atoms with van der Waals surface area (Å²) in [6.45, 7) is 6.12. The monoisotopic (exact) mass is 443 g/mol. The summed E-state index contributed by atoms with van der Waals surface area (Å²) in [4.78, 5) is 31.6. The fraction of sp³-hybridized carbons (Fsp3) is 0.458. The lowest BCUT2D eigenvalue weighted by molar-refractivity contribution is -0.122. The Morgan fingerprint density at radius 3 is 2.68 bits per heavy atom. The Balaban J connectivity index is 1.37. The quantitative estimate of drug-likeness (QED) is 0.738. The van der Waals surface area contributed by atoms with E-state index in [1.165, 1.54) is 18.3 Å². The maximum Gasteiger partial charge on any atom is 0.253 e. The van der Waals surface area contributed by atoms with Crippen LogP contribution in [0.4, 0.5) is 10.1 Å². The molecule has 0 spiro atoms. The van der Waals surface area contributed by atoms with Crippen LogP contribution in [0.15, 0.2) is 30.5 Å². The molecule has 0 unspecified atom stereocenters. The number of hydrogen-bond donors (Lipinski definition) is 1. The van der Waals surface area contributed by atoms with Crippen LogP contribution in [0.5, 0.6) is 0 Å². The van der Waals surface area contributed by atoms with Crippen LogP contribution >= 0.6 is 11.6 Å². The lowest BCUT2D eigenvalue weighted by Crippen LogP contribution is -2.42. The Morgan fingerprint density at radius 2 is 1.97 bits per heavy atom. The number of rotatable bonds is 4. The molecule has 31 heavy (non-hydrogen) atoms. The second kappa shape index (κ2) is 8.23. The van der Waals surface area contributed by atoms with Crippen molar-refractivity contribution in [3.8, 4) is 0 Å². The van der Waals surface area contributed by atoms with Crippen molar-refractivity contribution in [1.29, 1.82) is 0 Å². The summed E-state index contributed by atoms with van der Waals surface area (Å²) in [6, 6.07) is 6.34. The number of nitrogens with one attached hydrogen (secondary N) is 1. The maximum atomic E-state index is 13.8. The van der Waals surface area contributed by atoms with Crippen molar-refractivity contribution in [2.75, 3.05) is 11.4 Å². The fourth-order valence-corrected chi connectivity index (χ4v) is 4.89. The topological polar surface area (TPSA) is 62.3 Å². The number of aromatic nitrogens is 1. The number of amides is 2. The van der Waals surface area contributed by atoms with Crippen LogP contribution in [0.25, 0.3) is 0 Å². The Labute approximate surface area is 187 Å². The predicted octanol–water partition coefficient (Wildman–Crippen LogP) is 4.80. The van der Waals surface area contributed by atoms with Crippen molar-refractivity contribution in [1.82, 2.24) is 10.3 Å². The van der Waals surface area contributed by atoms with E-state index in [0.29, 0.717) is 28.7 Å². The number of aryl methyl sites for hydroxylation is 1. The molecule has 1 aliphatic heterocycles. The average molecular weight is 444 g/mol. The highest BCUT2D eigenvalue weighted by molar-refractivity contribution is 6.30. The Hall–Kier alpha value is -2.47. The van der Waals surface area contributed by atoms with Crippen molar-refractivity contribution >= 4 is 29.1 Å². The maximum absolute atomic E-state index is 13.8. The van der Waals surface area contributed by atoms with Gasteiger partial charge in [0.05, 0.1) is 21.7 Å². The van der Waals surface area contributed by atoms with Gasteiger partial charge in [-0.25, -0.2) is 4.39 Å². The molecule has 1 saturated carbocycles. The number of fused-ring (bicyclic) bond motifs is 1. The molecule has 1 aromatic heterocycles. The molecule has 1 aliphatic carbocycles. The third kappa shape index (κ3) is 4.18. The average Bonchev–Trinajstić information content (AvgIpc) is 2.91. The third-order valence-electron chi connectivity index (χ3n) is 6.62. The molecule has 0 radical (unpaired) electrons. The third-order valence-corrected chi connectivity index (χ3v) is 6.83.